The number of alkyl halides is 2. The number of anilines is 3. The molecule has 0 unspecified atom stereocenters. The lowest BCUT2D eigenvalue weighted by atomic mass is 10.1. The first kappa shape index (κ1) is 15.7. The molecule has 0 bridgehead atoms. The molecule has 0 amide bonds. The van der Waals surface area contributed by atoms with Crippen molar-refractivity contribution in [3.8, 4) is 0 Å². The van der Waals surface area contributed by atoms with Crippen LogP contribution in [-0.4, -0.2) is 38.5 Å². The van der Waals surface area contributed by atoms with Crippen molar-refractivity contribution in [2.75, 3.05) is 23.3 Å². The first-order chi connectivity index (χ1) is 11.9. The van der Waals surface area contributed by atoms with Crippen LogP contribution in [0.15, 0.2) is 30.9 Å². The Labute approximate surface area is 143 Å². The number of nitrogens with one attached hydrogen (secondary N) is 1. The molecule has 3 aromatic rings. The maximum atomic E-state index is 13.1. The lowest BCUT2D eigenvalue weighted by Crippen LogP contribution is -2.56. The van der Waals surface area contributed by atoms with Gasteiger partial charge in [0, 0.05) is 13.1 Å². The molecule has 1 aliphatic rings. The number of halogens is 2. The third-order valence-electron chi connectivity index (χ3n) is 4.40. The summed E-state index contributed by atoms with van der Waals surface area (Å²) in [4.78, 5) is 14.5. The van der Waals surface area contributed by atoms with Crippen LogP contribution in [0.25, 0.3) is 11.0 Å². The summed E-state index contributed by atoms with van der Waals surface area (Å²) < 4.78 is 28.0. The summed E-state index contributed by atoms with van der Waals surface area (Å²) in [5, 5.41) is 3.27. The van der Waals surface area contributed by atoms with E-state index in [4.69, 9.17) is 0 Å². The van der Waals surface area contributed by atoms with Gasteiger partial charge in [0.25, 0.3) is 5.92 Å². The van der Waals surface area contributed by atoms with Gasteiger partial charge >= 0.3 is 0 Å². The SMILES string of the molecule is CCc1cc(N2CC(F)(F)C2)ncc1Nc1cc2c(cn1)ncn2C. The number of imidazole rings is 1. The summed E-state index contributed by atoms with van der Waals surface area (Å²) in [7, 11) is 1.93. The number of hydrogen-bond acceptors (Lipinski definition) is 5. The minimum absolute atomic E-state index is 0.269. The number of aromatic nitrogens is 4. The van der Waals surface area contributed by atoms with Crippen LogP contribution in [-0.2, 0) is 13.5 Å². The monoisotopic (exact) mass is 344 g/mol. The van der Waals surface area contributed by atoms with Gasteiger partial charge in [-0.25, -0.2) is 23.7 Å². The van der Waals surface area contributed by atoms with Crippen LogP contribution in [0.1, 0.15) is 12.5 Å². The van der Waals surface area contributed by atoms with E-state index in [1.807, 2.05) is 30.7 Å². The van der Waals surface area contributed by atoms with Crippen LogP contribution in [0.4, 0.5) is 26.1 Å². The summed E-state index contributed by atoms with van der Waals surface area (Å²) >= 11 is 0. The Bertz CT molecular complexity index is 928. The van der Waals surface area contributed by atoms with E-state index in [0.717, 1.165) is 28.7 Å². The first-order valence-corrected chi connectivity index (χ1v) is 8.11. The van der Waals surface area contributed by atoms with Gasteiger partial charge < -0.3 is 14.8 Å². The summed E-state index contributed by atoms with van der Waals surface area (Å²) in [5.74, 6) is -1.33. The van der Waals surface area contributed by atoms with Crippen molar-refractivity contribution in [3.63, 3.8) is 0 Å². The van der Waals surface area contributed by atoms with Crippen LogP contribution in [0.5, 0.6) is 0 Å². The van der Waals surface area contributed by atoms with Crippen LogP contribution in [0.2, 0.25) is 0 Å². The molecule has 0 atom stereocenters. The Morgan fingerprint density at radius 2 is 1.96 bits per heavy atom. The zero-order valence-electron chi connectivity index (χ0n) is 14.0. The zero-order chi connectivity index (χ0) is 17.6. The zero-order valence-corrected chi connectivity index (χ0v) is 14.0. The van der Waals surface area contributed by atoms with E-state index in [0.29, 0.717) is 11.6 Å². The van der Waals surface area contributed by atoms with Gasteiger partial charge in [-0.15, -0.1) is 0 Å². The highest BCUT2D eigenvalue weighted by molar-refractivity contribution is 5.78. The average molecular weight is 344 g/mol. The minimum atomic E-state index is -2.60. The topological polar surface area (TPSA) is 58.9 Å². The highest BCUT2D eigenvalue weighted by atomic mass is 19.3. The fourth-order valence-electron chi connectivity index (χ4n) is 2.97. The van der Waals surface area contributed by atoms with Gasteiger partial charge in [0.1, 0.15) is 17.2 Å². The van der Waals surface area contributed by atoms with Gasteiger partial charge in [-0.1, -0.05) is 6.92 Å². The predicted molar refractivity (Wildman–Crippen MR) is 92.6 cm³/mol. The Morgan fingerprint density at radius 3 is 2.68 bits per heavy atom. The van der Waals surface area contributed by atoms with Gasteiger partial charge in [-0.2, -0.15) is 0 Å². The van der Waals surface area contributed by atoms with Crippen LogP contribution >= 0.6 is 0 Å². The summed E-state index contributed by atoms with van der Waals surface area (Å²) in [6.45, 7) is 1.48. The molecule has 4 heterocycles. The quantitative estimate of drug-likeness (QED) is 0.788. The second kappa shape index (κ2) is 5.65. The number of aryl methyl sites for hydroxylation is 2. The van der Waals surface area contributed by atoms with E-state index in [2.05, 4.69) is 20.3 Å². The second-order valence-corrected chi connectivity index (χ2v) is 6.30. The molecule has 1 fully saturated rings. The van der Waals surface area contributed by atoms with Crippen molar-refractivity contribution >= 4 is 28.4 Å². The van der Waals surface area contributed by atoms with Crippen molar-refractivity contribution < 1.29 is 8.78 Å². The van der Waals surface area contributed by atoms with Crippen molar-refractivity contribution in [3.05, 3.63) is 36.4 Å². The highest BCUT2D eigenvalue weighted by Crippen LogP contribution is 2.32. The van der Waals surface area contributed by atoms with Crippen LogP contribution in [0, 0.1) is 0 Å². The van der Waals surface area contributed by atoms with E-state index in [1.54, 1.807) is 23.6 Å². The highest BCUT2D eigenvalue weighted by Gasteiger charge is 2.44. The van der Waals surface area contributed by atoms with Crippen molar-refractivity contribution in [1.29, 1.82) is 0 Å². The molecular weight excluding hydrogens is 326 g/mol. The fourth-order valence-corrected chi connectivity index (χ4v) is 2.97. The fraction of sp³-hybridized carbons (Fsp3) is 0.353. The first-order valence-electron chi connectivity index (χ1n) is 8.11. The predicted octanol–water partition coefficient (Wildman–Crippen LogP) is 3.12. The number of hydrogen-bond donors (Lipinski definition) is 1. The lowest BCUT2D eigenvalue weighted by Gasteiger charge is -2.39. The molecule has 0 radical (unpaired) electrons. The van der Waals surface area contributed by atoms with Gasteiger partial charge in [-0.3, -0.25) is 0 Å². The third kappa shape index (κ3) is 2.88. The molecule has 130 valence electrons. The molecule has 1 aliphatic heterocycles. The van der Waals surface area contributed by atoms with Crippen LogP contribution < -0.4 is 10.2 Å². The Hall–Kier alpha value is -2.77. The van der Waals surface area contributed by atoms with E-state index in [9.17, 15) is 8.78 Å². The molecule has 0 spiro atoms. The minimum Gasteiger partial charge on any atom is -0.344 e. The molecule has 4 rings (SSSR count). The van der Waals surface area contributed by atoms with Gasteiger partial charge in [0.2, 0.25) is 0 Å². The van der Waals surface area contributed by atoms with E-state index in [1.165, 1.54) is 0 Å². The van der Waals surface area contributed by atoms with Crippen molar-refractivity contribution in [2.45, 2.75) is 19.3 Å². The maximum Gasteiger partial charge on any atom is 0.282 e. The molecule has 1 N–H and O–H groups in total. The molecule has 8 heteroatoms. The van der Waals surface area contributed by atoms with Crippen molar-refractivity contribution in [2.24, 2.45) is 7.05 Å². The van der Waals surface area contributed by atoms with Crippen LogP contribution in [0.3, 0.4) is 0 Å². The van der Waals surface area contributed by atoms with Gasteiger partial charge in [-0.05, 0) is 18.1 Å². The summed E-state index contributed by atoms with van der Waals surface area (Å²) in [5.41, 5.74) is 3.64. The maximum absolute atomic E-state index is 13.1. The standard InChI is InChI=1S/C17H18F2N6/c1-3-11-4-16(25-8-17(18,19)9-25)21-6-12(11)23-15-5-14-13(7-20-15)22-10-24(14)2/h4-7,10H,3,8-9H2,1-2H3,(H,20,23). The lowest BCUT2D eigenvalue weighted by molar-refractivity contribution is -0.0267. The number of nitrogens with zero attached hydrogens (tertiary/aromatic N) is 5. The molecular formula is C17H18F2N6. The Balaban J connectivity index is 1.59. The Morgan fingerprint density at radius 1 is 1.16 bits per heavy atom. The Kier molecular flexibility index (Phi) is 3.55. The summed E-state index contributed by atoms with van der Waals surface area (Å²) in [6, 6.07) is 3.78. The number of rotatable bonds is 4. The van der Waals surface area contributed by atoms with Crippen molar-refractivity contribution in [1.82, 2.24) is 19.5 Å². The summed E-state index contributed by atoms with van der Waals surface area (Å²) in [6.07, 6.45) is 5.90. The molecule has 6 nitrogen and oxygen atoms in total. The average Bonchev–Trinajstić information content (AvgIpc) is 2.94. The molecule has 0 saturated carbocycles. The smallest absolute Gasteiger partial charge is 0.282 e. The van der Waals surface area contributed by atoms with E-state index in [-0.39, 0.29) is 13.1 Å². The van der Waals surface area contributed by atoms with E-state index < -0.39 is 5.92 Å². The third-order valence-corrected chi connectivity index (χ3v) is 4.40. The number of pyridine rings is 2. The van der Waals surface area contributed by atoms with E-state index >= 15 is 0 Å². The second-order valence-electron chi connectivity index (χ2n) is 6.30. The van der Waals surface area contributed by atoms with Gasteiger partial charge in [0.05, 0.1) is 43.0 Å². The number of fused-ring (bicyclic) bond motifs is 1. The molecule has 0 aromatic carbocycles. The van der Waals surface area contributed by atoms with Gasteiger partial charge in [0.15, 0.2) is 0 Å². The molecule has 1 saturated heterocycles. The normalized spacial score (nSPS) is 16.1. The molecule has 3 aromatic heterocycles. The molecule has 0 aliphatic carbocycles. The molecule has 25 heavy (non-hydrogen) atoms. The largest absolute Gasteiger partial charge is 0.344 e.